The van der Waals surface area contributed by atoms with E-state index in [-0.39, 0.29) is 0 Å². The third-order valence-corrected chi connectivity index (χ3v) is 6.69. The molecule has 1 saturated heterocycles. The van der Waals surface area contributed by atoms with Gasteiger partial charge < -0.3 is 0 Å². The van der Waals surface area contributed by atoms with E-state index in [0.29, 0.717) is 11.3 Å². The van der Waals surface area contributed by atoms with Crippen LogP contribution in [-0.2, 0) is 15.0 Å². The lowest BCUT2D eigenvalue weighted by Crippen LogP contribution is -2.49. The first-order chi connectivity index (χ1) is 8.99. The number of aryl methyl sites for hydroxylation is 1. The average Bonchev–Trinajstić information content (AvgIpc) is 2.51. The van der Waals surface area contributed by atoms with Crippen molar-refractivity contribution < 1.29 is 13.6 Å². The molecule has 4 nitrogen and oxygen atoms in total. The molecule has 0 bridgehead atoms. The number of sulfone groups is 1. The minimum Gasteiger partial charge on any atom is -0.223 e. The van der Waals surface area contributed by atoms with Crippen LogP contribution in [-0.4, -0.2) is 29.8 Å². The predicted molar refractivity (Wildman–Crippen MR) is 77.5 cm³/mol. The molecule has 0 N–H and O–H groups in total. The molecule has 0 aliphatic carbocycles. The van der Waals surface area contributed by atoms with Crippen molar-refractivity contribution in [1.82, 2.24) is 5.06 Å². The molecule has 111 valence electrons. The molecule has 1 aromatic rings. The third kappa shape index (κ3) is 2.28. The highest BCUT2D eigenvalue weighted by molar-refractivity contribution is 7.92. The molecule has 1 heterocycles. The van der Waals surface area contributed by atoms with Crippen LogP contribution >= 0.6 is 0 Å². The lowest BCUT2D eigenvalue weighted by atomic mass is 10.0. The fourth-order valence-electron chi connectivity index (χ4n) is 3.08. The maximum atomic E-state index is 12.8. The summed E-state index contributed by atoms with van der Waals surface area (Å²) in [4.78, 5) is 0.298. The maximum Gasteiger partial charge on any atom is 0.183 e. The molecule has 1 radical (unpaired) electrons. The van der Waals surface area contributed by atoms with Gasteiger partial charge in [0.15, 0.2) is 9.84 Å². The number of hydroxylamine groups is 2. The molecule has 0 amide bonds. The van der Waals surface area contributed by atoms with Crippen LogP contribution in [0.5, 0.6) is 0 Å². The van der Waals surface area contributed by atoms with Gasteiger partial charge in [0.05, 0.1) is 15.7 Å². The van der Waals surface area contributed by atoms with Gasteiger partial charge in [-0.25, -0.2) is 8.42 Å². The van der Waals surface area contributed by atoms with Crippen molar-refractivity contribution in [1.29, 1.82) is 0 Å². The largest absolute Gasteiger partial charge is 0.223 e. The molecule has 0 aromatic heterocycles. The van der Waals surface area contributed by atoms with Gasteiger partial charge in [-0.1, -0.05) is 17.7 Å². The summed E-state index contributed by atoms with van der Waals surface area (Å²) in [7, 11) is -3.51. The van der Waals surface area contributed by atoms with Crippen LogP contribution in [0.25, 0.3) is 0 Å². The molecule has 1 atom stereocenters. The Hall–Kier alpha value is -0.910. The van der Waals surface area contributed by atoms with Crippen LogP contribution in [0.1, 0.15) is 39.7 Å². The lowest BCUT2D eigenvalue weighted by molar-refractivity contribution is -0.243. The molecular weight excluding hydrogens is 274 g/mol. The van der Waals surface area contributed by atoms with E-state index in [2.05, 4.69) is 0 Å². The van der Waals surface area contributed by atoms with Gasteiger partial charge >= 0.3 is 0 Å². The predicted octanol–water partition coefficient (Wildman–Crippen LogP) is 2.75. The first kappa shape index (κ1) is 15.5. The van der Waals surface area contributed by atoms with Crippen LogP contribution < -0.4 is 0 Å². The zero-order valence-corrected chi connectivity index (χ0v) is 13.5. The molecule has 0 saturated carbocycles. The number of nitrogens with zero attached hydrogens (tertiary/aromatic N) is 1. The van der Waals surface area contributed by atoms with Crippen molar-refractivity contribution in [3.8, 4) is 0 Å². The van der Waals surface area contributed by atoms with E-state index in [1.165, 1.54) is 0 Å². The Bertz CT molecular complexity index is 603. The van der Waals surface area contributed by atoms with Crippen LogP contribution in [0.2, 0.25) is 0 Å². The Labute approximate surface area is 121 Å². The van der Waals surface area contributed by atoms with Crippen molar-refractivity contribution >= 4 is 9.84 Å². The highest BCUT2D eigenvalue weighted by Crippen LogP contribution is 2.44. The van der Waals surface area contributed by atoms with Gasteiger partial charge in [0.1, 0.15) is 0 Å². The van der Waals surface area contributed by atoms with Crippen molar-refractivity contribution in [2.24, 2.45) is 0 Å². The Morgan fingerprint density at radius 1 is 1.10 bits per heavy atom. The summed E-state index contributed by atoms with van der Waals surface area (Å²) in [5.41, 5.74) is -0.570. The molecule has 20 heavy (non-hydrogen) atoms. The highest BCUT2D eigenvalue weighted by atomic mass is 32.2. The van der Waals surface area contributed by atoms with Crippen molar-refractivity contribution in [2.75, 3.05) is 0 Å². The summed E-state index contributed by atoms with van der Waals surface area (Å²) in [5.74, 6) is 0. The zero-order valence-electron chi connectivity index (χ0n) is 12.7. The highest BCUT2D eigenvalue weighted by Gasteiger charge is 2.57. The van der Waals surface area contributed by atoms with E-state index >= 15 is 0 Å². The summed E-state index contributed by atoms with van der Waals surface area (Å²) in [6, 6.07) is 6.83. The summed E-state index contributed by atoms with van der Waals surface area (Å²) in [6.45, 7) is 8.94. The van der Waals surface area contributed by atoms with Gasteiger partial charge in [0, 0.05) is 5.54 Å². The quantitative estimate of drug-likeness (QED) is 0.843. The second-order valence-corrected chi connectivity index (χ2v) is 8.94. The second-order valence-electron chi connectivity index (χ2n) is 6.81. The van der Waals surface area contributed by atoms with E-state index in [9.17, 15) is 13.6 Å². The molecule has 1 fully saturated rings. The summed E-state index contributed by atoms with van der Waals surface area (Å²) in [6.07, 6.45) is 0.347. The Morgan fingerprint density at radius 3 is 2.00 bits per heavy atom. The number of hydrogen-bond donors (Lipinski definition) is 0. The van der Waals surface area contributed by atoms with E-state index < -0.39 is 26.2 Å². The van der Waals surface area contributed by atoms with Crippen LogP contribution in [0, 0.1) is 6.92 Å². The molecule has 0 spiro atoms. The zero-order chi connectivity index (χ0) is 15.3. The van der Waals surface area contributed by atoms with Crippen molar-refractivity contribution in [3.63, 3.8) is 0 Å². The Kier molecular flexibility index (Phi) is 3.52. The molecule has 1 aliphatic rings. The van der Waals surface area contributed by atoms with E-state index in [1.807, 2.05) is 6.92 Å². The van der Waals surface area contributed by atoms with E-state index in [4.69, 9.17) is 0 Å². The normalized spacial score (nSPS) is 25.8. The minimum absolute atomic E-state index is 0.298. The molecule has 1 aliphatic heterocycles. The average molecular weight is 296 g/mol. The second kappa shape index (κ2) is 4.55. The molecule has 5 heteroatoms. The van der Waals surface area contributed by atoms with Crippen LogP contribution in [0.15, 0.2) is 29.2 Å². The van der Waals surface area contributed by atoms with Gasteiger partial charge in [-0.15, -0.1) is 10.3 Å². The maximum absolute atomic E-state index is 12.8. The molecule has 2 rings (SSSR count). The molecule has 1 unspecified atom stereocenters. The Balaban J connectivity index is 2.48. The third-order valence-electron chi connectivity index (χ3n) is 4.27. The van der Waals surface area contributed by atoms with Gasteiger partial charge in [0.25, 0.3) is 0 Å². The monoisotopic (exact) mass is 296 g/mol. The smallest absolute Gasteiger partial charge is 0.183 e. The van der Waals surface area contributed by atoms with Crippen molar-refractivity contribution in [2.45, 2.75) is 62.3 Å². The SMILES string of the molecule is Cc1ccc(S(=O)(=O)C2CC(C)(C)N([O])C2(C)C)cc1. The van der Waals surface area contributed by atoms with Gasteiger partial charge in [-0.2, -0.15) is 0 Å². The minimum atomic E-state index is -3.51. The summed E-state index contributed by atoms with van der Waals surface area (Å²) in [5, 5.41) is 12.6. The summed E-state index contributed by atoms with van der Waals surface area (Å²) < 4.78 is 25.7. The first-order valence-corrected chi connectivity index (χ1v) is 8.32. The molecular formula is C15H22NO3S. The van der Waals surface area contributed by atoms with Gasteiger partial charge in [-0.3, -0.25) is 0 Å². The van der Waals surface area contributed by atoms with Crippen molar-refractivity contribution in [3.05, 3.63) is 29.8 Å². The number of hydrogen-bond acceptors (Lipinski definition) is 3. The van der Waals surface area contributed by atoms with E-state index in [0.717, 1.165) is 10.6 Å². The first-order valence-electron chi connectivity index (χ1n) is 6.77. The van der Waals surface area contributed by atoms with E-state index in [1.54, 1.807) is 52.0 Å². The van der Waals surface area contributed by atoms with Gasteiger partial charge in [0.2, 0.25) is 0 Å². The Morgan fingerprint density at radius 2 is 1.60 bits per heavy atom. The summed E-state index contributed by atoms with van der Waals surface area (Å²) >= 11 is 0. The number of benzene rings is 1. The fraction of sp³-hybridized carbons (Fsp3) is 0.600. The van der Waals surface area contributed by atoms with Crippen LogP contribution in [0.3, 0.4) is 0 Å². The fourth-order valence-corrected chi connectivity index (χ4v) is 5.41. The topological polar surface area (TPSA) is 57.3 Å². The molecule has 1 aromatic carbocycles. The van der Waals surface area contributed by atoms with Gasteiger partial charge in [-0.05, 0) is 53.2 Å². The lowest BCUT2D eigenvalue weighted by Gasteiger charge is -2.33. The number of rotatable bonds is 2. The standard InChI is InChI=1S/C15H22NO3S/c1-11-6-8-12(9-7-11)20(18,19)13-10-14(2,3)16(17)15(13,4)5/h6-9,13H,10H2,1-5H3. The van der Waals surface area contributed by atoms with Crippen LogP contribution in [0.4, 0.5) is 0 Å².